The minimum Gasteiger partial charge on any atom is -0.363 e. The van der Waals surface area contributed by atoms with E-state index in [4.69, 9.17) is 17.0 Å². The number of anilines is 1. The van der Waals surface area contributed by atoms with Crippen LogP contribution in [0, 0.1) is 17.1 Å². The summed E-state index contributed by atoms with van der Waals surface area (Å²) < 4.78 is 31.5. The number of aromatic nitrogens is 1. The van der Waals surface area contributed by atoms with Gasteiger partial charge in [-0.3, -0.25) is 19.1 Å². The van der Waals surface area contributed by atoms with E-state index in [0.29, 0.717) is 23.2 Å². The SMILES string of the molecule is CC1(C)C(=N)N[C@](C)(c2cc(NC(=O)c3ccc(Cl)cn3)ccc2F)C[SH]1(=O)NCC1CC1. The van der Waals surface area contributed by atoms with E-state index in [2.05, 4.69) is 20.3 Å². The summed E-state index contributed by atoms with van der Waals surface area (Å²) in [6.45, 7) is 5.95. The summed E-state index contributed by atoms with van der Waals surface area (Å²) in [5.74, 6) is -0.221. The molecule has 2 heterocycles. The molecule has 1 aliphatic heterocycles. The van der Waals surface area contributed by atoms with Crippen LogP contribution in [0.5, 0.6) is 0 Å². The van der Waals surface area contributed by atoms with Crippen LogP contribution >= 0.6 is 11.6 Å². The van der Waals surface area contributed by atoms with Crippen LogP contribution in [-0.2, 0) is 15.7 Å². The largest absolute Gasteiger partial charge is 0.363 e. The second-order valence-corrected chi connectivity index (χ2v) is 13.3. The molecule has 2 aromatic rings. The summed E-state index contributed by atoms with van der Waals surface area (Å²) in [5.41, 5.74) is -0.321. The number of nitrogens with one attached hydrogen (secondary N) is 4. The first-order valence-corrected chi connectivity index (χ1v) is 13.1. The van der Waals surface area contributed by atoms with Gasteiger partial charge in [-0.2, -0.15) is 0 Å². The van der Waals surface area contributed by atoms with Gasteiger partial charge in [-0.1, -0.05) is 11.6 Å². The van der Waals surface area contributed by atoms with Crippen molar-refractivity contribution in [3.05, 3.63) is 58.6 Å². The number of pyridine rings is 1. The summed E-state index contributed by atoms with van der Waals surface area (Å²) in [7, 11) is -3.10. The Hall–Kier alpha value is -2.36. The highest BCUT2D eigenvalue weighted by Gasteiger charge is 2.51. The molecule has 1 aromatic heterocycles. The normalized spacial score (nSPS) is 24.6. The second kappa shape index (κ2) is 8.45. The lowest BCUT2D eigenvalue weighted by Crippen LogP contribution is -2.70. The topological polar surface area (TPSA) is 107 Å². The third kappa shape index (κ3) is 4.67. The van der Waals surface area contributed by atoms with Crippen molar-refractivity contribution in [1.82, 2.24) is 15.0 Å². The van der Waals surface area contributed by atoms with E-state index in [1.54, 1.807) is 26.8 Å². The lowest BCUT2D eigenvalue weighted by molar-refractivity contribution is 0.102. The Labute approximate surface area is 199 Å². The second-order valence-electron chi connectivity index (χ2n) is 9.60. The standard InChI is InChI=1S/C23H29ClFN5O2S/c1-22(2)21(26)30-23(3,13-33(22,32)28-11-14-4-5-14)17-10-16(7-8-18(17)25)29-20(31)19-9-6-15(24)12-27-19/h6-10,12,14,33H,4-5,11,13H2,1-3H3,(H2,26,30)(H,28,32)(H,29,31)/t23-/m0/s1. The number of hydrogen-bond acceptors (Lipinski definition) is 4. The van der Waals surface area contributed by atoms with E-state index < -0.39 is 32.1 Å². The van der Waals surface area contributed by atoms with Crippen LogP contribution in [0.2, 0.25) is 5.02 Å². The third-order valence-electron chi connectivity index (χ3n) is 6.57. The predicted octanol–water partition coefficient (Wildman–Crippen LogP) is 3.63. The monoisotopic (exact) mass is 493 g/mol. The highest BCUT2D eigenvalue weighted by molar-refractivity contribution is 8.03. The minimum absolute atomic E-state index is 0.0992. The Kier molecular flexibility index (Phi) is 6.09. The van der Waals surface area contributed by atoms with Gasteiger partial charge in [0.25, 0.3) is 5.91 Å². The molecule has 4 rings (SSSR count). The predicted molar refractivity (Wildman–Crippen MR) is 131 cm³/mol. The van der Waals surface area contributed by atoms with Crippen LogP contribution in [0.15, 0.2) is 36.5 Å². The van der Waals surface area contributed by atoms with Gasteiger partial charge in [-0.15, -0.1) is 0 Å². The minimum atomic E-state index is -3.10. The fourth-order valence-corrected chi connectivity index (χ4v) is 7.15. The summed E-state index contributed by atoms with van der Waals surface area (Å²) >= 11 is 5.83. The number of carbonyl (C=O) groups is 1. The lowest BCUT2D eigenvalue weighted by atomic mass is 9.91. The Balaban J connectivity index is 1.62. The molecule has 0 spiro atoms. The third-order valence-corrected chi connectivity index (χ3v) is 10.6. The van der Waals surface area contributed by atoms with E-state index in [1.165, 1.54) is 30.5 Å². The number of nitrogens with zero attached hydrogens (tertiary/aromatic N) is 1. The van der Waals surface area contributed by atoms with Crippen LogP contribution in [0.25, 0.3) is 0 Å². The zero-order chi connectivity index (χ0) is 24.0. The molecule has 1 saturated carbocycles. The molecule has 2 fully saturated rings. The quantitative estimate of drug-likeness (QED) is 0.396. The van der Waals surface area contributed by atoms with Crippen molar-refractivity contribution in [3.8, 4) is 0 Å². The summed E-state index contributed by atoms with van der Waals surface area (Å²) in [4.78, 5) is 16.6. The number of amidine groups is 1. The number of rotatable bonds is 6. The fraction of sp³-hybridized carbons (Fsp3) is 0.435. The van der Waals surface area contributed by atoms with E-state index in [-0.39, 0.29) is 22.8 Å². The van der Waals surface area contributed by atoms with Crippen molar-refractivity contribution in [2.75, 3.05) is 17.6 Å². The molecule has 1 aliphatic carbocycles. The molecule has 1 atom stereocenters. The molecule has 10 heteroatoms. The van der Waals surface area contributed by atoms with Crippen molar-refractivity contribution in [2.24, 2.45) is 5.92 Å². The van der Waals surface area contributed by atoms with Crippen molar-refractivity contribution >= 4 is 39.1 Å². The van der Waals surface area contributed by atoms with Gasteiger partial charge >= 0.3 is 0 Å². The van der Waals surface area contributed by atoms with E-state index in [9.17, 15) is 9.00 Å². The van der Waals surface area contributed by atoms with Gasteiger partial charge in [-0.25, -0.2) is 9.37 Å². The van der Waals surface area contributed by atoms with Gasteiger partial charge in [-0.05, 0) is 80.0 Å². The van der Waals surface area contributed by atoms with Crippen LogP contribution in [0.3, 0.4) is 0 Å². The van der Waals surface area contributed by atoms with Crippen LogP contribution in [-0.4, -0.2) is 38.0 Å². The Morgan fingerprint density at radius 1 is 1.30 bits per heavy atom. The molecule has 1 saturated heterocycles. The fourth-order valence-electron chi connectivity index (χ4n) is 4.03. The highest BCUT2D eigenvalue weighted by Crippen LogP contribution is 2.39. The van der Waals surface area contributed by atoms with Crippen molar-refractivity contribution in [2.45, 2.75) is 43.9 Å². The first-order chi connectivity index (χ1) is 15.4. The van der Waals surface area contributed by atoms with Gasteiger partial charge in [0.1, 0.15) is 17.3 Å². The summed E-state index contributed by atoms with van der Waals surface area (Å²) in [5, 5.41) is 14.8. The summed E-state index contributed by atoms with van der Waals surface area (Å²) in [6.07, 6.45) is 3.59. The van der Waals surface area contributed by atoms with Crippen molar-refractivity contribution in [3.63, 3.8) is 0 Å². The first kappa shape index (κ1) is 23.8. The molecule has 0 bridgehead atoms. The number of thiol groups is 1. The van der Waals surface area contributed by atoms with Crippen LogP contribution in [0.4, 0.5) is 10.1 Å². The van der Waals surface area contributed by atoms with Crippen LogP contribution in [0.1, 0.15) is 49.7 Å². The molecule has 2 aliphatic rings. The number of carbonyl (C=O) groups excluding carboxylic acids is 1. The van der Waals surface area contributed by atoms with E-state index >= 15 is 4.39 Å². The van der Waals surface area contributed by atoms with Gasteiger partial charge in [0, 0.05) is 29.7 Å². The smallest absolute Gasteiger partial charge is 0.274 e. The Bertz CT molecular complexity index is 1150. The zero-order valence-electron chi connectivity index (χ0n) is 18.8. The maximum absolute atomic E-state index is 15.0. The molecule has 1 amide bonds. The van der Waals surface area contributed by atoms with Crippen LogP contribution < -0.4 is 15.4 Å². The molecule has 33 heavy (non-hydrogen) atoms. The van der Waals surface area contributed by atoms with Gasteiger partial charge < -0.3 is 10.6 Å². The molecule has 1 aromatic carbocycles. The average molecular weight is 494 g/mol. The van der Waals surface area contributed by atoms with Gasteiger partial charge in [0.05, 0.1) is 15.3 Å². The molecular weight excluding hydrogens is 465 g/mol. The molecule has 0 radical (unpaired) electrons. The maximum atomic E-state index is 15.0. The maximum Gasteiger partial charge on any atom is 0.274 e. The molecule has 0 unspecified atom stereocenters. The molecule has 7 nitrogen and oxygen atoms in total. The van der Waals surface area contributed by atoms with Gasteiger partial charge in [0.15, 0.2) is 0 Å². The first-order valence-electron chi connectivity index (χ1n) is 10.9. The average Bonchev–Trinajstić information content (AvgIpc) is 3.57. The van der Waals surface area contributed by atoms with E-state index in [1.807, 2.05) is 0 Å². The number of benzene rings is 1. The number of halogens is 2. The Morgan fingerprint density at radius 2 is 2.03 bits per heavy atom. The molecular formula is C23H29ClFN5O2S. The lowest BCUT2D eigenvalue weighted by Gasteiger charge is -2.52. The van der Waals surface area contributed by atoms with Crippen molar-refractivity contribution < 1.29 is 13.4 Å². The number of hydrogen-bond donors (Lipinski definition) is 5. The summed E-state index contributed by atoms with van der Waals surface area (Å²) in [6, 6.07) is 7.30. The van der Waals surface area contributed by atoms with Gasteiger partial charge in [0.2, 0.25) is 0 Å². The highest BCUT2D eigenvalue weighted by atomic mass is 35.5. The van der Waals surface area contributed by atoms with E-state index in [0.717, 1.165) is 12.8 Å². The Morgan fingerprint density at radius 3 is 2.67 bits per heavy atom. The number of amides is 1. The molecule has 4 N–H and O–H groups in total. The molecule has 178 valence electrons. The van der Waals surface area contributed by atoms with Crippen molar-refractivity contribution in [1.29, 1.82) is 5.41 Å². The zero-order valence-corrected chi connectivity index (χ0v) is 20.5.